The van der Waals surface area contributed by atoms with Crippen LogP contribution >= 0.6 is 0 Å². The summed E-state index contributed by atoms with van der Waals surface area (Å²) in [6, 6.07) is 10.1. The van der Waals surface area contributed by atoms with Gasteiger partial charge in [0.15, 0.2) is 5.65 Å². The number of urea groups is 1. The zero-order valence-electron chi connectivity index (χ0n) is 20.0. The number of anilines is 1. The lowest BCUT2D eigenvalue weighted by Gasteiger charge is -2.35. The van der Waals surface area contributed by atoms with Gasteiger partial charge in [0.2, 0.25) is 0 Å². The van der Waals surface area contributed by atoms with E-state index < -0.39 is 0 Å². The fraction of sp³-hybridized carbons (Fsp3) is 0.520. The number of rotatable bonds is 8. The van der Waals surface area contributed by atoms with E-state index in [0.29, 0.717) is 13.1 Å². The highest BCUT2D eigenvalue weighted by molar-refractivity contribution is 5.88. The van der Waals surface area contributed by atoms with E-state index in [4.69, 9.17) is 9.97 Å². The highest BCUT2D eigenvalue weighted by atomic mass is 16.2. The second kappa shape index (κ2) is 10.6. The Morgan fingerprint density at radius 2 is 1.82 bits per heavy atom. The molecule has 1 aromatic carbocycles. The number of piperazine rings is 1. The Labute approximate surface area is 196 Å². The molecular formula is C25H35N7O. The highest BCUT2D eigenvalue weighted by Crippen LogP contribution is 2.29. The van der Waals surface area contributed by atoms with Crippen molar-refractivity contribution in [1.29, 1.82) is 0 Å². The second-order valence-electron chi connectivity index (χ2n) is 8.78. The van der Waals surface area contributed by atoms with Gasteiger partial charge < -0.3 is 15.1 Å². The van der Waals surface area contributed by atoms with E-state index in [1.165, 1.54) is 0 Å². The standard InChI is InChI=1S/C25H35N7O/c1-4-6-13-26-25(33)31-16-14-30(15-17-31)23-21-18-27-32(20-11-8-7-9-12-20)24(21)29-22(28-23)19(3)10-5-2/h7-9,11-12,18-19H,4-6,10,13-17H2,1-3H3,(H,26,33)/t19-/m0/s1. The van der Waals surface area contributed by atoms with Crippen LogP contribution in [0, 0.1) is 0 Å². The zero-order valence-corrected chi connectivity index (χ0v) is 20.0. The van der Waals surface area contributed by atoms with Crippen molar-refractivity contribution in [3.63, 3.8) is 0 Å². The molecule has 3 heterocycles. The van der Waals surface area contributed by atoms with E-state index in [2.05, 4.69) is 36.1 Å². The first-order chi connectivity index (χ1) is 16.1. The van der Waals surface area contributed by atoms with Gasteiger partial charge in [-0.1, -0.05) is 51.8 Å². The van der Waals surface area contributed by atoms with E-state index >= 15 is 0 Å². The molecule has 33 heavy (non-hydrogen) atoms. The van der Waals surface area contributed by atoms with Gasteiger partial charge >= 0.3 is 6.03 Å². The Morgan fingerprint density at radius 3 is 2.52 bits per heavy atom. The van der Waals surface area contributed by atoms with E-state index in [0.717, 1.165) is 73.7 Å². The van der Waals surface area contributed by atoms with Crippen LogP contribution < -0.4 is 10.2 Å². The number of fused-ring (bicyclic) bond motifs is 1. The number of carbonyl (C=O) groups excluding carboxylic acids is 1. The third-order valence-corrected chi connectivity index (χ3v) is 6.26. The Kier molecular flexibility index (Phi) is 7.42. The quantitative estimate of drug-likeness (QED) is 0.517. The number of aromatic nitrogens is 4. The minimum atomic E-state index is 0.0325. The molecule has 8 nitrogen and oxygen atoms in total. The summed E-state index contributed by atoms with van der Waals surface area (Å²) >= 11 is 0. The molecule has 1 aliphatic heterocycles. The van der Waals surface area contributed by atoms with E-state index in [-0.39, 0.29) is 11.9 Å². The fourth-order valence-electron chi connectivity index (χ4n) is 4.30. The molecule has 3 aromatic rings. The molecule has 1 saturated heterocycles. The second-order valence-corrected chi connectivity index (χ2v) is 8.78. The van der Waals surface area contributed by atoms with E-state index in [9.17, 15) is 4.79 Å². The predicted octanol–water partition coefficient (Wildman–Crippen LogP) is 4.35. The predicted molar refractivity (Wildman–Crippen MR) is 132 cm³/mol. The van der Waals surface area contributed by atoms with Crippen LogP contribution in [-0.4, -0.2) is 63.4 Å². The van der Waals surface area contributed by atoms with Crippen molar-refractivity contribution in [1.82, 2.24) is 30.0 Å². The largest absolute Gasteiger partial charge is 0.352 e. The first-order valence-electron chi connectivity index (χ1n) is 12.2. The van der Waals surface area contributed by atoms with Crippen molar-refractivity contribution in [2.24, 2.45) is 0 Å². The average Bonchev–Trinajstić information content (AvgIpc) is 3.28. The SMILES string of the molecule is CCCCNC(=O)N1CCN(c2nc([C@@H](C)CCC)nc3c2cnn3-c2ccccc2)CC1. The molecule has 2 amide bonds. The van der Waals surface area contributed by atoms with E-state index in [1.807, 2.05) is 46.1 Å². The number of benzene rings is 1. The van der Waals surface area contributed by atoms with Crippen molar-refractivity contribution in [2.45, 2.75) is 52.4 Å². The van der Waals surface area contributed by atoms with Crippen molar-refractivity contribution in [3.8, 4) is 5.69 Å². The van der Waals surface area contributed by atoms with Crippen LogP contribution in [0.5, 0.6) is 0 Å². The van der Waals surface area contributed by atoms with Crippen LogP contribution in [-0.2, 0) is 0 Å². The Balaban J connectivity index is 1.62. The van der Waals surface area contributed by atoms with Crippen LogP contribution in [0.2, 0.25) is 0 Å². The average molecular weight is 450 g/mol. The van der Waals surface area contributed by atoms with Gasteiger partial charge in [-0.25, -0.2) is 19.4 Å². The first kappa shape index (κ1) is 23.0. The van der Waals surface area contributed by atoms with Crippen LogP contribution in [0.25, 0.3) is 16.7 Å². The summed E-state index contributed by atoms with van der Waals surface area (Å²) < 4.78 is 1.90. The third kappa shape index (κ3) is 5.10. The third-order valence-electron chi connectivity index (χ3n) is 6.26. The Morgan fingerprint density at radius 1 is 1.06 bits per heavy atom. The smallest absolute Gasteiger partial charge is 0.317 e. The summed E-state index contributed by atoms with van der Waals surface area (Å²) in [7, 11) is 0. The van der Waals surface area contributed by atoms with Crippen LogP contribution in [0.3, 0.4) is 0 Å². The number of nitrogens with one attached hydrogen (secondary N) is 1. The summed E-state index contributed by atoms with van der Waals surface area (Å²) in [5.41, 5.74) is 1.82. The summed E-state index contributed by atoms with van der Waals surface area (Å²) in [6.45, 7) is 10.1. The van der Waals surface area contributed by atoms with E-state index in [1.54, 1.807) is 0 Å². The molecular weight excluding hydrogens is 414 g/mol. The topological polar surface area (TPSA) is 79.2 Å². The molecule has 1 fully saturated rings. The monoisotopic (exact) mass is 449 g/mol. The lowest BCUT2D eigenvalue weighted by atomic mass is 10.1. The molecule has 0 bridgehead atoms. The van der Waals surface area contributed by atoms with Gasteiger partial charge in [0.1, 0.15) is 11.6 Å². The van der Waals surface area contributed by atoms with Gasteiger partial charge in [-0.05, 0) is 25.0 Å². The maximum atomic E-state index is 12.5. The molecule has 1 atom stereocenters. The number of hydrogen-bond donors (Lipinski definition) is 1. The van der Waals surface area contributed by atoms with Gasteiger partial charge in [0.05, 0.1) is 17.3 Å². The molecule has 0 saturated carbocycles. The number of carbonyl (C=O) groups is 1. The number of nitrogens with zero attached hydrogens (tertiary/aromatic N) is 6. The number of amides is 2. The minimum Gasteiger partial charge on any atom is -0.352 e. The van der Waals surface area contributed by atoms with Crippen LogP contribution in [0.4, 0.5) is 10.6 Å². The molecule has 0 unspecified atom stereocenters. The van der Waals surface area contributed by atoms with Crippen molar-refractivity contribution < 1.29 is 4.79 Å². The van der Waals surface area contributed by atoms with Gasteiger partial charge in [-0.15, -0.1) is 0 Å². The van der Waals surface area contributed by atoms with Gasteiger partial charge in [0, 0.05) is 38.6 Å². The van der Waals surface area contributed by atoms with Gasteiger partial charge in [0.25, 0.3) is 0 Å². The van der Waals surface area contributed by atoms with Crippen LogP contribution in [0.1, 0.15) is 58.2 Å². The molecule has 176 valence electrons. The van der Waals surface area contributed by atoms with Gasteiger partial charge in [-0.2, -0.15) is 5.10 Å². The summed E-state index contributed by atoms with van der Waals surface area (Å²) in [5, 5.41) is 8.64. The highest BCUT2D eigenvalue weighted by Gasteiger charge is 2.25. The molecule has 4 rings (SSSR count). The number of hydrogen-bond acceptors (Lipinski definition) is 5. The summed E-state index contributed by atoms with van der Waals surface area (Å²) in [5.74, 6) is 2.05. The molecule has 2 aromatic heterocycles. The lowest BCUT2D eigenvalue weighted by molar-refractivity contribution is 0.194. The molecule has 0 radical (unpaired) electrons. The summed E-state index contributed by atoms with van der Waals surface area (Å²) in [4.78, 5) is 26.6. The maximum absolute atomic E-state index is 12.5. The molecule has 1 N–H and O–H groups in total. The van der Waals surface area contributed by atoms with Crippen molar-refractivity contribution >= 4 is 22.9 Å². The molecule has 8 heteroatoms. The van der Waals surface area contributed by atoms with Crippen molar-refractivity contribution in [3.05, 3.63) is 42.4 Å². The fourth-order valence-corrected chi connectivity index (χ4v) is 4.30. The van der Waals surface area contributed by atoms with Crippen molar-refractivity contribution in [2.75, 3.05) is 37.6 Å². The molecule has 1 aliphatic rings. The lowest BCUT2D eigenvalue weighted by Crippen LogP contribution is -2.52. The number of unbranched alkanes of at least 4 members (excludes halogenated alkanes) is 1. The minimum absolute atomic E-state index is 0.0325. The Hall–Kier alpha value is -3.16. The Bertz CT molecular complexity index is 1060. The normalized spacial score (nSPS) is 15.1. The maximum Gasteiger partial charge on any atom is 0.317 e. The first-order valence-corrected chi connectivity index (χ1v) is 12.2. The molecule has 0 aliphatic carbocycles. The zero-order chi connectivity index (χ0) is 23.2. The number of para-hydroxylation sites is 1. The van der Waals surface area contributed by atoms with Gasteiger partial charge in [-0.3, -0.25) is 0 Å². The summed E-state index contributed by atoms with van der Waals surface area (Å²) in [6.07, 6.45) is 6.08. The van der Waals surface area contributed by atoms with Crippen LogP contribution in [0.15, 0.2) is 36.5 Å². The molecule has 0 spiro atoms.